The molecule has 2 aromatic carbocycles. The molecule has 4 nitrogen and oxygen atoms in total. The molecular weight excluding hydrogens is 302 g/mol. The van der Waals surface area contributed by atoms with Crippen LogP contribution in [0.5, 0.6) is 11.5 Å². The van der Waals surface area contributed by atoms with Gasteiger partial charge in [-0.05, 0) is 61.6 Å². The molecule has 1 aliphatic rings. The van der Waals surface area contributed by atoms with Crippen molar-refractivity contribution >= 4 is 5.91 Å². The highest BCUT2D eigenvalue weighted by Gasteiger charge is 2.24. The molecule has 0 aliphatic heterocycles. The first kappa shape index (κ1) is 16.4. The van der Waals surface area contributed by atoms with E-state index in [9.17, 15) is 4.79 Å². The summed E-state index contributed by atoms with van der Waals surface area (Å²) >= 11 is 0. The van der Waals surface area contributed by atoms with E-state index in [4.69, 9.17) is 9.47 Å². The van der Waals surface area contributed by atoms with Gasteiger partial charge in [0.2, 0.25) is 0 Å². The van der Waals surface area contributed by atoms with Crippen LogP contribution in [0.1, 0.15) is 36.9 Å². The van der Waals surface area contributed by atoms with Gasteiger partial charge in [-0.15, -0.1) is 0 Å². The number of carbonyl (C=O) groups is 1. The Kier molecular flexibility index (Phi) is 5.04. The topological polar surface area (TPSA) is 47.6 Å². The smallest absolute Gasteiger partial charge is 0.261 e. The molecule has 0 bridgehead atoms. The SMILES string of the molecule is COc1ccc(O[C@H](C)C(=O)N[C@@H]2CCCc3ccccc32)cc1. The summed E-state index contributed by atoms with van der Waals surface area (Å²) in [5.41, 5.74) is 2.56. The Morgan fingerprint density at radius 1 is 1.12 bits per heavy atom. The number of hydrogen-bond acceptors (Lipinski definition) is 3. The van der Waals surface area contributed by atoms with Crippen LogP contribution in [0, 0.1) is 0 Å². The first-order chi connectivity index (χ1) is 11.7. The largest absolute Gasteiger partial charge is 0.497 e. The summed E-state index contributed by atoms with van der Waals surface area (Å²) in [6.45, 7) is 1.77. The van der Waals surface area contributed by atoms with E-state index in [2.05, 4.69) is 23.5 Å². The van der Waals surface area contributed by atoms with Crippen molar-refractivity contribution in [3.63, 3.8) is 0 Å². The molecule has 24 heavy (non-hydrogen) atoms. The van der Waals surface area contributed by atoms with E-state index in [1.54, 1.807) is 26.2 Å². The zero-order valence-electron chi connectivity index (χ0n) is 14.1. The maximum atomic E-state index is 12.5. The fraction of sp³-hybridized carbons (Fsp3) is 0.350. The predicted octanol–water partition coefficient (Wildman–Crippen LogP) is 3.66. The number of hydrogen-bond donors (Lipinski definition) is 1. The Hall–Kier alpha value is -2.49. The molecule has 0 saturated heterocycles. The summed E-state index contributed by atoms with van der Waals surface area (Å²) in [7, 11) is 1.62. The molecule has 2 atom stereocenters. The van der Waals surface area contributed by atoms with Crippen molar-refractivity contribution < 1.29 is 14.3 Å². The average molecular weight is 325 g/mol. The summed E-state index contributed by atoms with van der Waals surface area (Å²) in [6.07, 6.45) is 2.60. The molecule has 0 fully saturated rings. The zero-order chi connectivity index (χ0) is 16.9. The number of ether oxygens (including phenoxy) is 2. The zero-order valence-corrected chi connectivity index (χ0v) is 14.1. The fourth-order valence-corrected chi connectivity index (χ4v) is 3.10. The van der Waals surface area contributed by atoms with Crippen LogP contribution in [0.2, 0.25) is 0 Å². The second-order valence-electron chi connectivity index (χ2n) is 6.09. The molecule has 126 valence electrons. The molecule has 3 rings (SSSR count). The van der Waals surface area contributed by atoms with Crippen molar-refractivity contribution in [3.8, 4) is 11.5 Å². The molecule has 0 heterocycles. The van der Waals surface area contributed by atoms with Crippen molar-refractivity contribution in [1.82, 2.24) is 5.32 Å². The van der Waals surface area contributed by atoms with E-state index in [1.165, 1.54) is 11.1 Å². The fourth-order valence-electron chi connectivity index (χ4n) is 3.10. The van der Waals surface area contributed by atoms with Crippen LogP contribution in [0.25, 0.3) is 0 Å². The third-order valence-electron chi connectivity index (χ3n) is 4.43. The van der Waals surface area contributed by atoms with E-state index >= 15 is 0 Å². The molecule has 0 spiro atoms. The lowest BCUT2D eigenvalue weighted by atomic mass is 9.87. The van der Waals surface area contributed by atoms with E-state index < -0.39 is 6.10 Å². The van der Waals surface area contributed by atoms with Crippen molar-refractivity contribution in [1.29, 1.82) is 0 Å². The second kappa shape index (κ2) is 7.39. The van der Waals surface area contributed by atoms with Gasteiger partial charge in [-0.3, -0.25) is 4.79 Å². The summed E-state index contributed by atoms with van der Waals surface area (Å²) in [4.78, 5) is 12.5. The Labute approximate surface area is 142 Å². The lowest BCUT2D eigenvalue weighted by molar-refractivity contribution is -0.128. The number of benzene rings is 2. The Morgan fingerprint density at radius 2 is 1.83 bits per heavy atom. The monoisotopic (exact) mass is 325 g/mol. The number of carbonyl (C=O) groups excluding carboxylic acids is 1. The Balaban J connectivity index is 1.62. The summed E-state index contributed by atoms with van der Waals surface area (Å²) in [5, 5.41) is 3.13. The van der Waals surface area contributed by atoms with Gasteiger partial charge in [0.25, 0.3) is 5.91 Å². The number of fused-ring (bicyclic) bond motifs is 1. The van der Waals surface area contributed by atoms with Crippen LogP contribution in [-0.4, -0.2) is 19.1 Å². The molecule has 1 aliphatic carbocycles. The lowest BCUT2D eigenvalue weighted by Crippen LogP contribution is -2.39. The summed E-state index contributed by atoms with van der Waals surface area (Å²) in [6, 6.07) is 15.6. The molecule has 0 saturated carbocycles. The Morgan fingerprint density at radius 3 is 2.58 bits per heavy atom. The molecule has 0 aromatic heterocycles. The first-order valence-corrected chi connectivity index (χ1v) is 8.36. The first-order valence-electron chi connectivity index (χ1n) is 8.36. The van der Waals surface area contributed by atoms with Crippen LogP contribution in [0.3, 0.4) is 0 Å². The number of rotatable bonds is 5. The van der Waals surface area contributed by atoms with Crippen LogP contribution in [0.15, 0.2) is 48.5 Å². The molecule has 0 unspecified atom stereocenters. The molecule has 1 N–H and O–H groups in total. The molecule has 1 amide bonds. The molecular formula is C20H23NO3. The third-order valence-corrected chi connectivity index (χ3v) is 4.43. The van der Waals surface area contributed by atoms with E-state index in [1.807, 2.05) is 18.2 Å². The second-order valence-corrected chi connectivity index (χ2v) is 6.09. The van der Waals surface area contributed by atoms with E-state index in [-0.39, 0.29) is 11.9 Å². The number of nitrogens with one attached hydrogen (secondary N) is 1. The van der Waals surface area contributed by atoms with Gasteiger partial charge in [0.15, 0.2) is 6.10 Å². The van der Waals surface area contributed by atoms with Crippen LogP contribution >= 0.6 is 0 Å². The lowest BCUT2D eigenvalue weighted by Gasteiger charge is -2.27. The minimum absolute atomic E-state index is 0.0735. The van der Waals surface area contributed by atoms with Gasteiger partial charge in [-0.25, -0.2) is 0 Å². The van der Waals surface area contributed by atoms with Gasteiger partial charge in [0.05, 0.1) is 13.2 Å². The van der Waals surface area contributed by atoms with Gasteiger partial charge in [-0.1, -0.05) is 24.3 Å². The third kappa shape index (κ3) is 3.70. The maximum absolute atomic E-state index is 12.5. The van der Waals surface area contributed by atoms with Crippen molar-refractivity contribution in [3.05, 3.63) is 59.7 Å². The van der Waals surface area contributed by atoms with Gasteiger partial charge in [0, 0.05) is 0 Å². The number of aryl methyl sites for hydroxylation is 1. The van der Waals surface area contributed by atoms with Crippen molar-refractivity contribution in [2.45, 2.75) is 38.3 Å². The van der Waals surface area contributed by atoms with Gasteiger partial charge < -0.3 is 14.8 Å². The molecule has 2 aromatic rings. The van der Waals surface area contributed by atoms with Gasteiger partial charge in [-0.2, -0.15) is 0 Å². The number of amides is 1. The average Bonchev–Trinajstić information content (AvgIpc) is 2.62. The minimum atomic E-state index is -0.549. The van der Waals surface area contributed by atoms with Crippen molar-refractivity contribution in [2.24, 2.45) is 0 Å². The van der Waals surface area contributed by atoms with Gasteiger partial charge >= 0.3 is 0 Å². The standard InChI is InChI=1S/C20H23NO3/c1-14(24-17-12-10-16(23-2)11-13-17)20(22)21-19-9-5-7-15-6-3-4-8-18(15)19/h3-4,6,8,10-14,19H,5,7,9H2,1-2H3,(H,21,22)/t14-,19-/m1/s1. The normalized spacial score (nSPS) is 17.5. The van der Waals surface area contributed by atoms with Crippen LogP contribution < -0.4 is 14.8 Å². The van der Waals surface area contributed by atoms with Crippen LogP contribution in [0.4, 0.5) is 0 Å². The molecule has 4 heteroatoms. The van der Waals surface area contributed by atoms with Crippen molar-refractivity contribution in [2.75, 3.05) is 7.11 Å². The van der Waals surface area contributed by atoms with Gasteiger partial charge in [0.1, 0.15) is 11.5 Å². The molecule has 0 radical (unpaired) electrons. The van der Waals surface area contributed by atoms with E-state index in [0.29, 0.717) is 5.75 Å². The highest BCUT2D eigenvalue weighted by molar-refractivity contribution is 5.81. The predicted molar refractivity (Wildman–Crippen MR) is 93.3 cm³/mol. The Bertz CT molecular complexity index is 696. The maximum Gasteiger partial charge on any atom is 0.261 e. The van der Waals surface area contributed by atoms with E-state index in [0.717, 1.165) is 25.0 Å². The summed E-state index contributed by atoms with van der Waals surface area (Å²) in [5.74, 6) is 1.33. The van der Waals surface area contributed by atoms with Crippen LogP contribution in [-0.2, 0) is 11.2 Å². The summed E-state index contributed by atoms with van der Waals surface area (Å²) < 4.78 is 10.9. The quantitative estimate of drug-likeness (QED) is 0.913. The highest BCUT2D eigenvalue weighted by Crippen LogP contribution is 2.29. The number of methoxy groups -OCH3 is 1. The highest BCUT2D eigenvalue weighted by atomic mass is 16.5. The minimum Gasteiger partial charge on any atom is -0.497 e.